The molecular weight excluding hydrogens is 321 g/mol. The van der Waals surface area contributed by atoms with Crippen LogP contribution in [0.1, 0.15) is 24.8 Å². The fraction of sp³-hybridized carbons (Fsp3) is 0.632. The first kappa shape index (κ1) is 18.1. The topological polar surface area (TPSA) is 44.8 Å². The van der Waals surface area contributed by atoms with Gasteiger partial charge in [0.25, 0.3) is 0 Å². The lowest BCUT2D eigenvalue weighted by molar-refractivity contribution is 0.0296. The van der Waals surface area contributed by atoms with Crippen LogP contribution < -0.4 is 5.32 Å². The summed E-state index contributed by atoms with van der Waals surface area (Å²) in [6.45, 7) is 6.91. The number of amides is 2. The van der Waals surface area contributed by atoms with Crippen LogP contribution in [0.3, 0.4) is 0 Å². The number of hydrogen-bond donors (Lipinski definition) is 1. The Morgan fingerprint density at radius 3 is 2.64 bits per heavy atom. The minimum Gasteiger partial charge on any atom is -0.379 e. The van der Waals surface area contributed by atoms with Crippen molar-refractivity contribution in [1.29, 1.82) is 0 Å². The molecule has 2 aliphatic heterocycles. The molecule has 1 N–H and O–H groups in total. The lowest BCUT2D eigenvalue weighted by atomic mass is 10.00. The highest BCUT2D eigenvalue weighted by Gasteiger charge is 2.22. The van der Waals surface area contributed by atoms with E-state index in [9.17, 15) is 9.18 Å². The van der Waals surface area contributed by atoms with Gasteiger partial charge in [-0.3, -0.25) is 4.90 Å². The number of benzene rings is 1. The van der Waals surface area contributed by atoms with Crippen molar-refractivity contribution in [3.63, 3.8) is 0 Å². The van der Waals surface area contributed by atoms with Crippen molar-refractivity contribution in [2.75, 3.05) is 45.9 Å². The van der Waals surface area contributed by atoms with E-state index in [1.807, 2.05) is 4.90 Å². The second kappa shape index (κ2) is 9.15. The Labute approximate surface area is 149 Å². The summed E-state index contributed by atoms with van der Waals surface area (Å²) in [5, 5.41) is 2.95. The van der Waals surface area contributed by atoms with Gasteiger partial charge in [-0.05, 0) is 42.9 Å². The number of carbonyl (C=O) groups excluding carboxylic acids is 1. The fourth-order valence-corrected chi connectivity index (χ4v) is 3.59. The van der Waals surface area contributed by atoms with E-state index in [1.165, 1.54) is 18.6 Å². The van der Waals surface area contributed by atoms with E-state index in [1.54, 1.807) is 12.1 Å². The van der Waals surface area contributed by atoms with E-state index in [0.717, 1.165) is 64.3 Å². The lowest BCUT2D eigenvalue weighted by Crippen LogP contribution is -2.41. The molecule has 138 valence electrons. The van der Waals surface area contributed by atoms with E-state index < -0.39 is 0 Å². The largest absolute Gasteiger partial charge is 0.379 e. The van der Waals surface area contributed by atoms with Crippen LogP contribution in [0.2, 0.25) is 0 Å². The van der Waals surface area contributed by atoms with Gasteiger partial charge < -0.3 is 15.0 Å². The number of morpholine rings is 1. The molecule has 2 heterocycles. The second-order valence-corrected chi connectivity index (χ2v) is 6.98. The Bertz CT molecular complexity index is 546. The van der Waals surface area contributed by atoms with Gasteiger partial charge in [-0.15, -0.1) is 0 Å². The minimum absolute atomic E-state index is 0.0173. The predicted molar refractivity (Wildman–Crippen MR) is 94.8 cm³/mol. The average Bonchev–Trinajstić information content (AvgIpc) is 2.87. The molecule has 2 fully saturated rings. The molecule has 0 aromatic heterocycles. The zero-order valence-electron chi connectivity index (χ0n) is 14.8. The van der Waals surface area contributed by atoms with Gasteiger partial charge in [0.15, 0.2) is 0 Å². The maximum atomic E-state index is 12.9. The first-order chi connectivity index (χ1) is 12.2. The molecule has 1 atom stereocenters. The summed E-state index contributed by atoms with van der Waals surface area (Å²) >= 11 is 0. The Morgan fingerprint density at radius 2 is 1.88 bits per heavy atom. The minimum atomic E-state index is -0.256. The summed E-state index contributed by atoms with van der Waals surface area (Å²) in [7, 11) is 0. The van der Waals surface area contributed by atoms with Gasteiger partial charge in [0, 0.05) is 39.3 Å². The maximum absolute atomic E-state index is 12.9. The van der Waals surface area contributed by atoms with Crippen molar-refractivity contribution in [3.8, 4) is 0 Å². The van der Waals surface area contributed by atoms with Gasteiger partial charge in [-0.25, -0.2) is 9.18 Å². The quantitative estimate of drug-likeness (QED) is 0.908. The average molecular weight is 349 g/mol. The van der Waals surface area contributed by atoms with Crippen LogP contribution in [0.25, 0.3) is 0 Å². The molecule has 0 saturated carbocycles. The molecule has 25 heavy (non-hydrogen) atoms. The van der Waals surface area contributed by atoms with E-state index in [-0.39, 0.29) is 11.8 Å². The number of likely N-dealkylation sites (tertiary alicyclic amines) is 1. The molecule has 0 bridgehead atoms. The first-order valence-electron chi connectivity index (χ1n) is 9.28. The molecule has 2 saturated heterocycles. The zero-order chi connectivity index (χ0) is 17.5. The number of urea groups is 1. The maximum Gasteiger partial charge on any atom is 0.317 e. The highest BCUT2D eigenvalue weighted by molar-refractivity contribution is 5.74. The summed E-state index contributed by atoms with van der Waals surface area (Å²) in [5.74, 6) is 0.405. The summed E-state index contributed by atoms with van der Waals surface area (Å²) in [6.07, 6.45) is 3.29. The molecule has 0 spiro atoms. The van der Waals surface area contributed by atoms with E-state index in [0.29, 0.717) is 12.5 Å². The first-order valence-corrected chi connectivity index (χ1v) is 9.28. The Balaban J connectivity index is 1.42. The van der Waals surface area contributed by atoms with Crippen molar-refractivity contribution < 1.29 is 13.9 Å². The van der Waals surface area contributed by atoms with Gasteiger partial charge in [-0.1, -0.05) is 12.1 Å². The molecule has 0 radical (unpaired) electrons. The van der Waals surface area contributed by atoms with Crippen molar-refractivity contribution in [2.24, 2.45) is 5.92 Å². The smallest absolute Gasteiger partial charge is 0.317 e. The predicted octanol–water partition coefficient (Wildman–Crippen LogP) is 2.47. The van der Waals surface area contributed by atoms with Gasteiger partial charge in [0.2, 0.25) is 0 Å². The number of rotatable bonds is 4. The van der Waals surface area contributed by atoms with Crippen LogP contribution in [0.15, 0.2) is 24.3 Å². The standard InChI is InChI=1S/C19H28FN3O2/c20-18-5-3-16(4-6-18)14-21-19(24)23-8-1-2-17(7-9-23)15-22-10-12-25-13-11-22/h3-6,17H,1-2,7-15H2,(H,21,24). The molecule has 2 aliphatic rings. The SMILES string of the molecule is O=C(NCc1ccc(F)cc1)N1CCCC(CN2CCOCC2)CC1. The van der Waals surface area contributed by atoms with Gasteiger partial charge in [-0.2, -0.15) is 0 Å². The zero-order valence-corrected chi connectivity index (χ0v) is 14.8. The highest BCUT2D eigenvalue weighted by atomic mass is 19.1. The number of halogens is 1. The summed E-state index contributed by atoms with van der Waals surface area (Å²) in [5.41, 5.74) is 0.912. The third kappa shape index (κ3) is 5.68. The molecule has 1 aromatic rings. The van der Waals surface area contributed by atoms with Gasteiger partial charge in [0.05, 0.1) is 13.2 Å². The third-order valence-corrected chi connectivity index (χ3v) is 5.11. The number of nitrogens with one attached hydrogen (secondary N) is 1. The van der Waals surface area contributed by atoms with Crippen LogP contribution >= 0.6 is 0 Å². The van der Waals surface area contributed by atoms with Crippen LogP contribution in [-0.2, 0) is 11.3 Å². The van der Waals surface area contributed by atoms with Crippen LogP contribution in [-0.4, -0.2) is 61.8 Å². The second-order valence-electron chi connectivity index (χ2n) is 6.98. The third-order valence-electron chi connectivity index (χ3n) is 5.11. The van der Waals surface area contributed by atoms with Gasteiger partial charge in [0.1, 0.15) is 5.82 Å². The Morgan fingerprint density at radius 1 is 1.12 bits per heavy atom. The van der Waals surface area contributed by atoms with E-state index in [2.05, 4.69) is 10.2 Å². The molecule has 5 nitrogen and oxygen atoms in total. The molecule has 1 unspecified atom stereocenters. The van der Waals surface area contributed by atoms with Crippen molar-refractivity contribution in [2.45, 2.75) is 25.8 Å². The highest BCUT2D eigenvalue weighted by Crippen LogP contribution is 2.19. The lowest BCUT2D eigenvalue weighted by Gasteiger charge is -2.30. The molecule has 6 heteroatoms. The summed E-state index contributed by atoms with van der Waals surface area (Å²) < 4.78 is 18.3. The van der Waals surface area contributed by atoms with Gasteiger partial charge >= 0.3 is 6.03 Å². The Kier molecular flexibility index (Phi) is 6.64. The number of hydrogen-bond acceptors (Lipinski definition) is 3. The number of carbonyl (C=O) groups is 1. The van der Waals surface area contributed by atoms with E-state index in [4.69, 9.17) is 4.74 Å². The molecule has 0 aliphatic carbocycles. The summed E-state index contributed by atoms with van der Waals surface area (Å²) in [4.78, 5) is 16.8. The monoisotopic (exact) mass is 349 g/mol. The normalized spacial score (nSPS) is 22.4. The number of nitrogens with zero attached hydrogens (tertiary/aromatic N) is 2. The van der Waals surface area contributed by atoms with Crippen molar-refractivity contribution >= 4 is 6.03 Å². The number of ether oxygens (including phenoxy) is 1. The summed E-state index contributed by atoms with van der Waals surface area (Å²) in [6, 6.07) is 6.23. The Hall–Kier alpha value is -1.66. The van der Waals surface area contributed by atoms with Crippen molar-refractivity contribution in [1.82, 2.24) is 15.1 Å². The molecule has 3 rings (SSSR count). The molecule has 1 aromatic carbocycles. The van der Waals surface area contributed by atoms with Crippen LogP contribution in [0, 0.1) is 11.7 Å². The van der Waals surface area contributed by atoms with Crippen LogP contribution in [0.4, 0.5) is 9.18 Å². The fourth-order valence-electron chi connectivity index (χ4n) is 3.59. The van der Waals surface area contributed by atoms with Crippen molar-refractivity contribution in [3.05, 3.63) is 35.6 Å². The van der Waals surface area contributed by atoms with Crippen LogP contribution in [0.5, 0.6) is 0 Å². The molecular formula is C19H28FN3O2. The van der Waals surface area contributed by atoms with E-state index >= 15 is 0 Å². The molecule has 2 amide bonds.